The lowest BCUT2D eigenvalue weighted by Gasteiger charge is -2.32. The van der Waals surface area contributed by atoms with Crippen molar-refractivity contribution >= 4 is 0 Å². The van der Waals surface area contributed by atoms with E-state index in [0.717, 1.165) is 50.5 Å². The largest absolute Gasteiger partial charge is 0.508 e. The fourth-order valence-corrected chi connectivity index (χ4v) is 4.98. The molecular formula is C21H32O3. The molecule has 0 bridgehead atoms. The van der Waals surface area contributed by atoms with Crippen molar-refractivity contribution in [2.24, 2.45) is 17.8 Å². The van der Waals surface area contributed by atoms with Crippen LogP contribution >= 0.6 is 0 Å². The zero-order valence-electron chi connectivity index (χ0n) is 14.8. The molecule has 134 valence electrons. The minimum Gasteiger partial charge on any atom is -0.508 e. The number of aliphatic hydroxyl groups excluding tert-OH is 2. The van der Waals surface area contributed by atoms with Gasteiger partial charge in [0.25, 0.3) is 0 Å². The monoisotopic (exact) mass is 332 g/mol. The lowest BCUT2D eigenvalue weighted by Crippen LogP contribution is -2.27. The van der Waals surface area contributed by atoms with Gasteiger partial charge in [0.1, 0.15) is 5.75 Å². The highest BCUT2D eigenvalue weighted by Gasteiger charge is 2.44. The maximum atomic E-state index is 10.6. The standard InChI is InChI=1S/C21H32O3/c1-2-3-4-7-16(22)9-10-17-18-11-14-6-5-8-20(23)19(14)12-15(18)13-21(17)24/h5-6,8,15-18,21-24H,2-4,7,9-13H2,1H3/t15-,16?,17+,18?,21+/m0/s1. The average molecular weight is 332 g/mol. The first kappa shape index (κ1) is 17.8. The normalized spacial score (nSPS) is 30.0. The van der Waals surface area contributed by atoms with Crippen LogP contribution in [0.4, 0.5) is 0 Å². The van der Waals surface area contributed by atoms with E-state index >= 15 is 0 Å². The summed E-state index contributed by atoms with van der Waals surface area (Å²) in [6.07, 6.45) is 8.31. The van der Waals surface area contributed by atoms with Crippen molar-refractivity contribution in [3.63, 3.8) is 0 Å². The highest BCUT2D eigenvalue weighted by Crippen LogP contribution is 2.48. The molecule has 1 aromatic rings. The summed E-state index contributed by atoms with van der Waals surface area (Å²) in [7, 11) is 0. The fourth-order valence-electron chi connectivity index (χ4n) is 4.98. The van der Waals surface area contributed by atoms with Gasteiger partial charge in [-0.1, -0.05) is 38.3 Å². The van der Waals surface area contributed by atoms with Crippen LogP contribution in [0.1, 0.15) is 63.0 Å². The molecule has 0 amide bonds. The molecular weight excluding hydrogens is 300 g/mol. The zero-order valence-corrected chi connectivity index (χ0v) is 14.8. The van der Waals surface area contributed by atoms with Crippen molar-refractivity contribution in [1.29, 1.82) is 0 Å². The van der Waals surface area contributed by atoms with Crippen LogP contribution in [-0.2, 0) is 12.8 Å². The Morgan fingerprint density at radius 1 is 1.17 bits per heavy atom. The van der Waals surface area contributed by atoms with Crippen molar-refractivity contribution in [3.05, 3.63) is 29.3 Å². The Bertz CT molecular complexity index is 542. The second kappa shape index (κ2) is 7.88. The summed E-state index contributed by atoms with van der Waals surface area (Å²) in [4.78, 5) is 0. The van der Waals surface area contributed by atoms with Crippen LogP contribution in [0.3, 0.4) is 0 Å². The summed E-state index contributed by atoms with van der Waals surface area (Å²) in [5, 5.41) is 30.8. The minimum atomic E-state index is -0.251. The number of benzene rings is 1. The molecule has 3 nitrogen and oxygen atoms in total. The van der Waals surface area contributed by atoms with Crippen molar-refractivity contribution < 1.29 is 15.3 Å². The second-order valence-corrected chi connectivity index (χ2v) is 7.94. The van der Waals surface area contributed by atoms with E-state index in [-0.39, 0.29) is 12.2 Å². The molecule has 24 heavy (non-hydrogen) atoms. The zero-order chi connectivity index (χ0) is 17.1. The molecule has 0 saturated heterocycles. The Hall–Kier alpha value is -1.06. The summed E-state index contributed by atoms with van der Waals surface area (Å²) in [5.74, 6) is 1.68. The van der Waals surface area contributed by atoms with Gasteiger partial charge < -0.3 is 15.3 Å². The third-order valence-corrected chi connectivity index (χ3v) is 6.34. The number of unbranched alkanes of at least 4 members (excludes halogenated alkanes) is 2. The van der Waals surface area contributed by atoms with Crippen LogP contribution < -0.4 is 0 Å². The smallest absolute Gasteiger partial charge is 0.119 e. The van der Waals surface area contributed by atoms with Gasteiger partial charge in [0.15, 0.2) is 0 Å². The second-order valence-electron chi connectivity index (χ2n) is 7.94. The van der Waals surface area contributed by atoms with Crippen LogP contribution in [0.15, 0.2) is 18.2 Å². The van der Waals surface area contributed by atoms with Gasteiger partial charge in [0.05, 0.1) is 12.2 Å². The highest BCUT2D eigenvalue weighted by molar-refractivity contribution is 5.42. The number of hydrogen-bond donors (Lipinski definition) is 3. The number of fused-ring (bicyclic) bond motifs is 2. The Labute approximate surface area is 145 Å². The Morgan fingerprint density at radius 3 is 2.79 bits per heavy atom. The molecule has 2 aliphatic rings. The van der Waals surface area contributed by atoms with Crippen LogP contribution in [-0.4, -0.2) is 27.5 Å². The number of aliphatic hydroxyl groups is 2. The Morgan fingerprint density at radius 2 is 2.00 bits per heavy atom. The first-order valence-corrected chi connectivity index (χ1v) is 9.76. The van der Waals surface area contributed by atoms with Crippen molar-refractivity contribution in [3.8, 4) is 5.75 Å². The summed E-state index contributed by atoms with van der Waals surface area (Å²) >= 11 is 0. The minimum absolute atomic E-state index is 0.220. The lowest BCUT2D eigenvalue weighted by atomic mass is 9.73. The molecule has 3 N–H and O–H groups in total. The van der Waals surface area contributed by atoms with Crippen molar-refractivity contribution in [2.45, 2.75) is 76.9 Å². The molecule has 1 fully saturated rings. The summed E-state index contributed by atoms with van der Waals surface area (Å²) < 4.78 is 0. The van der Waals surface area contributed by atoms with Gasteiger partial charge in [-0.2, -0.15) is 0 Å². The van der Waals surface area contributed by atoms with E-state index in [0.29, 0.717) is 23.5 Å². The van der Waals surface area contributed by atoms with E-state index in [4.69, 9.17) is 0 Å². The predicted octanol–water partition coefficient (Wildman–Crippen LogP) is 3.83. The first-order chi connectivity index (χ1) is 11.6. The molecule has 1 aromatic carbocycles. The summed E-state index contributed by atoms with van der Waals surface area (Å²) in [5.41, 5.74) is 2.34. The molecule has 0 radical (unpaired) electrons. The maximum Gasteiger partial charge on any atom is 0.119 e. The van der Waals surface area contributed by atoms with E-state index in [9.17, 15) is 15.3 Å². The van der Waals surface area contributed by atoms with E-state index in [1.807, 2.05) is 6.07 Å². The van der Waals surface area contributed by atoms with Crippen molar-refractivity contribution in [1.82, 2.24) is 0 Å². The number of phenols is 1. The van der Waals surface area contributed by atoms with Gasteiger partial charge >= 0.3 is 0 Å². The summed E-state index contributed by atoms with van der Waals surface area (Å²) in [6, 6.07) is 5.81. The van der Waals surface area contributed by atoms with E-state index in [1.54, 1.807) is 6.07 Å². The van der Waals surface area contributed by atoms with Gasteiger partial charge in [-0.05, 0) is 73.5 Å². The first-order valence-electron chi connectivity index (χ1n) is 9.76. The molecule has 0 spiro atoms. The quantitative estimate of drug-likeness (QED) is 0.665. The van der Waals surface area contributed by atoms with Gasteiger partial charge in [0.2, 0.25) is 0 Å². The van der Waals surface area contributed by atoms with Crippen LogP contribution in [0.2, 0.25) is 0 Å². The van der Waals surface area contributed by atoms with Crippen molar-refractivity contribution in [2.75, 3.05) is 0 Å². The average Bonchev–Trinajstić information content (AvgIpc) is 2.86. The van der Waals surface area contributed by atoms with Gasteiger partial charge in [0, 0.05) is 0 Å². The van der Waals surface area contributed by atoms with Gasteiger partial charge in [-0.15, -0.1) is 0 Å². The molecule has 0 aromatic heterocycles. The molecule has 2 unspecified atom stereocenters. The highest BCUT2D eigenvalue weighted by atomic mass is 16.3. The Kier molecular flexibility index (Phi) is 5.83. The molecule has 0 heterocycles. The summed E-state index contributed by atoms with van der Waals surface area (Å²) in [6.45, 7) is 2.18. The lowest BCUT2D eigenvalue weighted by molar-refractivity contribution is 0.0869. The number of hydrogen-bond acceptors (Lipinski definition) is 3. The molecule has 2 aliphatic carbocycles. The van der Waals surface area contributed by atoms with E-state index in [2.05, 4.69) is 13.0 Å². The van der Waals surface area contributed by atoms with Gasteiger partial charge in [-0.3, -0.25) is 0 Å². The van der Waals surface area contributed by atoms with Crippen LogP contribution in [0.25, 0.3) is 0 Å². The molecule has 5 atom stereocenters. The maximum absolute atomic E-state index is 10.6. The SMILES string of the molecule is CCCCCC(O)CC[C@@H]1C2Cc3cccc(O)c3C[C@H]2C[C@H]1O. The fraction of sp³-hybridized carbons (Fsp3) is 0.714. The topological polar surface area (TPSA) is 60.7 Å². The van der Waals surface area contributed by atoms with E-state index in [1.165, 1.54) is 18.4 Å². The molecule has 0 aliphatic heterocycles. The third kappa shape index (κ3) is 3.78. The predicted molar refractivity (Wildman–Crippen MR) is 96.0 cm³/mol. The van der Waals surface area contributed by atoms with Crippen LogP contribution in [0.5, 0.6) is 5.75 Å². The van der Waals surface area contributed by atoms with E-state index < -0.39 is 0 Å². The van der Waals surface area contributed by atoms with Crippen LogP contribution in [0, 0.1) is 17.8 Å². The third-order valence-electron chi connectivity index (χ3n) is 6.34. The Balaban J connectivity index is 1.59. The molecule has 1 saturated carbocycles. The number of rotatable bonds is 7. The van der Waals surface area contributed by atoms with Gasteiger partial charge in [-0.25, -0.2) is 0 Å². The number of aromatic hydroxyl groups is 1. The molecule has 3 rings (SSSR count). The number of phenolic OH excluding ortho intramolecular Hbond substituents is 1. The molecule has 3 heteroatoms.